The van der Waals surface area contributed by atoms with Crippen molar-refractivity contribution in [2.45, 2.75) is 23.8 Å². The van der Waals surface area contributed by atoms with Gasteiger partial charge in [-0.3, -0.25) is 0 Å². The third kappa shape index (κ3) is 3.42. The molecule has 1 heterocycles. The normalized spacial score (nSPS) is 16.5. The van der Waals surface area contributed by atoms with Gasteiger partial charge in [0.15, 0.2) is 0 Å². The van der Waals surface area contributed by atoms with Crippen LogP contribution in [0.5, 0.6) is 5.75 Å². The summed E-state index contributed by atoms with van der Waals surface area (Å²) in [5.41, 5.74) is 0.181. The second-order valence-corrected chi connectivity index (χ2v) is 7.55. The van der Waals surface area contributed by atoms with Gasteiger partial charge in [0.2, 0.25) is 10.0 Å². The van der Waals surface area contributed by atoms with E-state index in [2.05, 4.69) is 0 Å². The number of ether oxygens (including phenoxy) is 1. The van der Waals surface area contributed by atoms with Crippen LogP contribution in [-0.2, 0) is 10.0 Å². The van der Waals surface area contributed by atoms with Crippen LogP contribution in [0.4, 0.5) is 0 Å². The fourth-order valence-corrected chi connectivity index (χ4v) is 4.42. The van der Waals surface area contributed by atoms with E-state index in [9.17, 15) is 8.42 Å². The highest BCUT2D eigenvalue weighted by Gasteiger charge is 2.31. The molecule has 2 aromatic rings. The Morgan fingerprint density at radius 2 is 1.62 bits per heavy atom. The van der Waals surface area contributed by atoms with E-state index in [1.807, 2.05) is 36.4 Å². The molecule has 24 heavy (non-hydrogen) atoms. The van der Waals surface area contributed by atoms with Gasteiger partial charge in [-0.2, -0.15) is 9.57 Å². The van der Waals surface area contributed by atoms with Crippen LogP contribution in [0.3, 0.4) is 0 Å². The fourth-order valence-electron chi connectivity index (χ4n) is 2.80. The Balaban J connectivity index is 1.69. The topological polar surface area (TPSA) is 70.4 Å². The van der Waals surface area contributed by atoms with Gasteiger partial charge in [-0.05, 0) is 37.1 Å². The number of rotatable bonds is 4. The van der Waals surface area contributed by atoms with Crippen LogP contribution in [0.1, 0.15) is 18.4 Å². The molecule has 6 heteroatoms. The van der Waals surface area contributed by atoms with Crippen molar-refractivity contribution in [1.82, 2.24) is 4.31 Å². The number of nitriles is 1. The summed E-state index contributed by atoms with van der Waals surface area (Å²) in [6, 6.07) is 17.8. The second kappa shape index (κ2) is 7.04. The van der Waals surface area contributed by atoms with Crippen LogP contribution in [0.25, 0.3) is 0 Å². The minimum absolute atomic E-state index is 0.00469. The Kier molecular flexibility index (Phi) is 4.84. The van der Waals surface area contributed by atoms with Crippen LogP contribution in [0.2, 0.25) is 0 Å². The van der Waals surface area contributed by atoms with Gasteiger partial charge < -0.3 is 4.74 Å². The number of hydrogen-bond acceptors (Lipinski definition) is 4. The summed E-state index contributed by atoms with van der Waals surface area (Å²) in [4.78, 5) is 0.0786. The van der Waals surface area contributed by atoms with E-state index in [4.69, 9.17) is 10.00 Å². The van der Waals surface area contributed by atoms with Gasteiger partial charge in [0.05, 0.1) is 10.5 Å². The third-order valence-corrected chi connectivity index (χ3v) is 6.03. The Bertz CT molecular complexity index is 836. The zero-order valence-corrected chi connectivity index (χ0v) is 13.9. The lowest BCUT2D eigenvalue weighted by molar-refractivity contribution is 0.135. The first kappa shape index (κ1) is 16.5. The van der Waals surface area contributed by atoms with E-state index in [-0.39, 0.29) is 16.6 Å². The Labute approximate surface area is 142 Å². The second-order valence-electron chi connectivity index (χ2n) is 5.64. The summed E-state index contributed by atoms with van der Waals surface area (Å²) in [5.74, 6) is 0.800. The molecule has 0 radical (unpaired) electrons. The maximum atomic E-state index is 12.8. The standard InChI is InChI=1S/C18H18N2O3S/c19-14-15-6-4-5-9-18(15)24(21,22)20-12-10-17(11-13-20)23-16-7-2-1-3-8-16/h1-9,17H,10-13H2. The molecule has 0 amide bonds. The molecule has 3 rings (SSSR count). The first-order chi connectivity index (χ1) is 11.6. The number of nitrogens with zero attached hydrogens (tertiary/aromatic N) is 2. The van der Waals surface area contributed by atoms with Crippen molar-refractivity contribution in [3.63, 3.8) is 0 Å². The molecule has 0 unspecified atom stereocenters. The van der Waals surface area contributed by atoms with Gasteiger partial charge >= 0.3 is 0 Å². The summed E-state index contributed by atoms with van der Waals surface area (Å²) in [5, 5.41) is 9.13. The molecule has 1 aliphatic heterocycles. The van der Waals surface area contributed by atoms with Crippen molar-refractivity contribution in [3.8, 4) is 11.8 Å². The summed E-state index contributed by atoms with van der Waals surface area (Å²) in [6.07, 6.45) is 1.26. The van der Waals surface area contributed by atoms with Gasteiger partial charge in [-0.25, -0.2) is 8.42 Å². The lowest BCUT2D eigenvalue weighted by atomic mass is 10.1. The molecular weight excluding hydrogens is 324 g/mol. The first-order valence-electron chi connectivity index (χ1n) is 7.82. The van der Waals surface area contributed by atoms with Crippen LogP contribution < -0.4 is 4.74 Å². The number of sulfonamides is 1. The van der Waals surface area contributed by atoms with Crippen LogP contribution in [0.15, 0.2) is 59.5 Å². The Morgan fingerprint density at radius 3 is 2.29 bits per heavy atom. The zero-order valence-electron chi connectivity index (χ0n) is 13.1. The molecule has 0 N–H and O–H groups in total. The first-order valence-corrected chi connectivity index (χ1v) is 9.26. The summed E-state index contributed by atoms with van der Waals surface area (Å²) >= 11 is 0. The van der Waals surface area contributed by atoms with Gasteiger partial charge in [0, 0.05) is 13.1 Å². The smallest absolute Gasteiger partial charge is 0.244 e. The number of para-hydroxylation sites is 1. The quantitative estimate of drug-likeness (QED) is 0.857. The fraction of sp³-hybridized carbons (Fsp3) is 0.278. The van der Waals surface area contributed by atoms with E-state index in [0.717, 1.165) is 5.75 Å². The van der Waals surface area contributed by atoms with Gasteiger partial charge in [0.1, 0.15) is 17.9 Å². The van der Waals surface area contributed by atoms with Gasteiger partial charge in [-0.1, -0.05) is 30.3 Å². The maximum absolute atomic E-state index is 12.8. The largest absolute Gasteiger partial charge is 0.490 e. The average molecular weight is 342 g/mol. The number of piperidine rings is 1. The SMILES string of the molecule is N#Cc1ccccc1S(=O)(=O)N1CCC(Oc2ccccc2)CC1. The summed E-state index contributed by atoms with van der Waals surface area (Å²) in [7, 11) is -3.65. The molecule has 5 nitrogen and oxygen atoms in total. The molecule has 0 bridgehead atoms. The van der Waals surface area contributed by atoms with Crippen molar-refractivity contribution < 1.29 is 13.2 Å². The van der Waals surface area contributed by atoms with Gasteiger partial charge in [0.25, 0.3) is 0 Å². The van der Waals surface area contributed by atoms with E-state index >= 15 is 0 Å². The predicted octanol–water partition coefficient (Wildman–Crippen LogP) is 2.79. The highest BCUT2D eigenvalue weighted by atomic mass is 32.2. The average Bonchev–Trinajstić information content (AvgIpc) is 2.63. The van der Waals surface area contributed by atoms with Crippen molar-refractivity contribution in [2.75, 3.05) is 13.1 Å². The van der Waals surface area contributed by atoms with E-state index in [1.165, 1.54) is 16.4 Å². The lowest BCUT2D eigenvalue weighted by Crippen LogP contribution is -2.41. The highest BCUT2D eigenvalue weighted by molar-refractivity contribution is 7.89. The van der Waals surface area contributed by atoms with Crippen molar-refractivity contribution >= 4 is 10.0 Å². The van der Waals surface area contributed by atoms with Crippen molar-refractivity contribution in [1.29, 1.82) is 5.26 Å². The monoisotopic (exact) mass is 342 g/mol. The zero-order chi connectivity index (χ0) is 17.0. The van der Waals surface area contributed by atoms with Crippen LogP contribution >= 0.6 is 0 Å². The molecule has 0 atom stereocenters. The summed E-state index contributed by atoms with van der Waals surface area (Å²) < 4.78 is 32.9. The number of hydrogen-bond donors (Lipinski definition) is 0. The molecule has 0 saturated carbocycles. The molecule has 1 saturated heterocycles. The van der Waals surface area contributed by atoms with E-state index in [0.29, 0.717) is 25.9 Å². The Morgan fingerprint density at radius 1 is 1.00 bits per heavy atom. The molecule has 1 aliphatic rings. The van der Waals surface area contributed by atoms with Crippen LogP contribution in [0, 0.1) is 11.3 Å². The molecular formula is C18H18N2O3S. The minimum Gasteiger partial charge on any atom is -0.490 e. The molecule has 1 fully saturated rings. The molecule has 124 valence electrons. The molecule has 0 aliphatic carbocycles. The highest BCUT2D eigenvalue weighted by Crippen LogP contribution is 2.25. The lowest BCUT2D eigenvalue weighted by Gasteiger charge is -2.31. The van der Waals surface area contributed by atoms with E-state index in [1.54, 1.807) is 12.1 Å². The van der Waals surface area contributed by atoms with E-state index < -0.39 is 10.0 Å². The van der Waals surface area contributed by atoms with Gasteiger partial charge in [-0.15, -0.1) is 0 Å². The summed E-state index contributed by atoms with van der Waals surface area (Å²) in [6.45, 7) is 0.777. The molecule has 0 aromatic heterocycles. The molecule has 2 aromatic carbocycles. The predicted molar refractivity (Wildman–Crippen MR) is 90.0 cm³/mol. The van der Waals surface area contributed by atoms with Crippen molar-refractivity contribution in [2.24, 2.45) is 0 Å². The Hall–Kier alpha value is -2.36. The number of benzene rings is 2. The van der Waals surface area contributed by atoms with Crippen LogP contribution in [-0.4, -0.2) is 31.9 Å². The van der Waals surface area contributed by atoms with Crippen molar-refractivity contribution in [3.05, 3.63) is 60.2 Å². The third-order valence-electron chi connectivity index (χ3n) is 4.07. The molecule has 0 spiro atoms. The minimum atomic E-state index is -3.65. The maximum Gasteiger partial charge on any atom is 0.244 e.